The summed E-state index contributed by atoms with van der Waals surface area (Å²) in [5.74, 6) is -0.358. The number of nitrogens with one attached hydrogen (secondary N) is 1. The van der Waals surface area contributed by atoms with Crippen molar-refractivity contribution in [1.29, 1.82) is 0 Å². The van der Waals surface area contributed by atoms with Crippen LogP contribution in [0, 0.1) is 0 Å². The number of H-pyrrole nitrogens is 1. The predicted octanol–water partition coefficient (Wildman–Crippen LogP) is 5.67. The van der Waals surface area contributed by atoms with E-state index in [0.717, 1.165) is 83.9 Å². The number of fused-ring (bicyclic) bond motifs is 7. The van der Waals surface area contributed by atoms with Crippen molar-refractivity contribution in [1.82, 2.24) is 15.0 Å². The molecule has 0 spiro atoms. The van der Waals surface area contributed by atoms with E-state index < -0.39 is 0 Å². The summed E-state index contributed by atoms with van der Waals surface area (Å²) in [4.78, 5) is 19.7. The Kier molecular flexibility index (Phi) is 8.50. The van der Waals surface area contributed by atoms with Gasteiger partial charge in [0.25, 0.3) is 0 Å². The van der Waals surface area contributed by atoms with E-state index in [0.29, 0.717) is 22.7 Å². The van der Waals surface area contributed by atoms with Crippen LogP contribution in [0.2, 0.25) is 0 Å². The standard InChI is InChI=1S/C44H34N8.Co/c45-29-13-5-1-9-25(29)41-33-17-19-35(49-33)42(26-10-2-6-14-30(26)46)37-21-23-39(51-37)44(28-12-4-8-16-32(28)48)40-24-22-38(52-40)43(36-20-18-34(41)50-36)27-11-3-7-15-31(27)47;/h1-24,41,51H,45-48H2;/q-2;+2. The maximum absolute atomic E-state index is 6.67. The van der Waals surface area contributed by atoms with Crippen LogP contribution in [-0.4, -0.2) is 10.7 Å². The van der Waals surface area contributed by atoms with Crippen molar-refractivity contribution in [3.8, 4) is 0 Å². The Labute approximate surface area is 316 Å². The van der Waals surface area contributed by atoms with Crippen LogP contribution in [0.4, 0.5) is 22.7 Å². The molecule has 9 heteroatoms. The predicted molar refractivity (Wildman–Crippen MR) is 211 cm³/mol. The van der Waals surface area contributed by atoms with Crippen LogP contribution in [0.1, 0.15) is 50.9 Å². The van der Waals surface area contributed by atoms with Gasteiger partial charge in [0.15, 0.2) is 0 Å². The average Bonchev–Trinajstić information content (AvgIpc) is 3.99. The van der Waals surface area contributed by atoms with Crippen molar-refractivity contribution >= 4 is 45.2 Å². The number of hydrogen-bond acceptors (Lipinski definition) is 5. The van der Waals surface area contributed by atoms with Gasteiger partial charge in [-0.3, -0.25) is 0 Å². The minimum absolute atomic E-state index is 0. The topological polar surface area (TPSA) is 160 Å². The number of aromatic amines is 1. The van der Waals surface area contributed by atoms with E-state index in [1.807, 2.05) is 127 Å². The number of para-hydroxylation sites is 4. The van der Waals surface area contributed by atoms with Crippen molar-refractivity contribution in [3.05, 3.63) is 207 Å². The quantitative estimate of drug-likeness (QED) is 0.147. The van der Waals surface area contributed by atoms with Crippen LogP contribution >= 0.6 is 0 Å². The molecule has 1 atom stereocenters. The first-order chi connectivity index (χ1) is 25.4. The van der Waals surface area contributed by atoms with Crippen molar-refractivity contribution in [2.24, 2.45) is 4.99 Å². The van der Waals surface area contributed by atoms with Crippen molar-refractivity contribution < 1.29 is 16.8 Å². The zero-order valence-electron chi connectivity index (χ0n) is 28.4. The van der Waals surface area contributed by atoms with Crippen LogP contribution in [0.25, 0.3) is 16.7 Å². The van der Waals surface area contributed by atoms with Gasteiger partial charge in [0, 0.05) is 55.7 Å². The first-order valence-electron chi connectivity index (χ1n) is 17.1. The monoisotopic (exact) mass is 733 g/mol. The van der Waals surface area contributed by atoms with E-state index in [4.69, 9.17) is 37.9 Å². The third-order valence-electron chi connectivity index (χ3n) is 9.80. The number of nitrogen functional groups attached to an aromatic ring is 4. The Morgan fingerprint density at radius 3 is 1.51 bits per heavy atom. The summed E-state index contributed by atoms with van der Waals surface area (Å²) in [7, 11) is 0. The molecule has 0 amide bonds. The first-order valence-corrected chi connectivity index (χ1v) is 17.1. The first kappa shape index (κ1) is 33.5. The van der Waals surface area contributed by atoms with Gasteiger partial charge in [-0.1, -0.05) is 97.1 Å². The zero-order valence-corrected chi connectivity index (χ0v) is 29.5. The van der Waals surface area contributed by atoms with Gasteiger partial charge >= 0.3 is 16.8 Å². The number of nitrogens with zero attached hydrogens (tertiary/aromatic N) is 3. The van der Waals surface area contributed by atoms with Crippen molar-refractivity contribution in [2.75, 3.05) is 22.9 Å². The summed E-state index contributed by atoms with van der Waals surface area (Å²) in [5, 5.41) is 1.69. The fraction of sp³-hybridized carbons (Fsp3) is 0.0227. The molecule has 0 aliphatic carbocycles. The van der Waals surface area contributed by atoms with Crippen LogP contribution in [-0.2, 0) is 16.8 Å². The van der Waals surface area contributed by atoms with Crippen molar-refractivity contribution in [2.45, 2.75) is 5.92 Å². The second-order valence-corrected chi connectivity index (χ2v) is 13.0. The molecule has 1 radical (unpaired) electrons. The van der Waals surface area contributed by atoms with Gasteiger partial charge in [0.2, 0.25) is 0 Å². The molecule has 9 rings (SSSR count). The van der Waals surface area contributed by atoms with E-state index in [2.05, 4.69) is 23.2 Å². The molecule has 0 saturated carbocycles. The molecule has 9 N–H and O–H groups in total. The van der Waals surface area contributed by atoms with Crippen LogP contribution in [0.5, 0.6) is 0 Å². The van der Waals surface area contributed by atoms with E-state index in [1.165, 1.54) is 0 Å². The molecule has 7 aromatic rings. The molecule has 0 fully saturated rings. The number of benzene rings is 4. The van der Waals surface area contributed by atoms with Gasteiger partial charge < -0.3 is 37.9 Å². The second kappa shape index (κ2) is 13.5. The van der Waals surface area contributed by atoms with Crippen LogP contribution in [0.3, 0.4) is 0 Å². The molecule has 3 aromatic heterocycles. The van der Waals surface area contributed by atoms with Gasteiger partial charge in [0.05, 0.1) is 11.4 Å². The third kappa shape index (κ3) is 5.78. The Bertz CT molecular complexity index is 2760. The molecule has 8 bridgehead atoms. The molecule has 259 valence electrons. The van der Waals surface area contributed by atoms with Gasteiger partial charge in [-0.25, -0.2) is 4.99 Å². The smallest absolute Gasteiger partial charge is 0.660 e. The SMILES string of the molecule is Nc1ccccc1C1=C2C=CC(=N2)C(c2ccccc2N)=c2ccc([nH]2)=C(c2ccccc2N)c2ccc([n-]2)C(c2ccccc2N)c2ccc1[n-]2.[Co+2]. The molecule has 2 aliphatic rings. The third-order valence-corrected chi connectivity index (χ3v) is 9.80. The summed E-state index contributed by atoms with van der Waals surface area (Å²) >= 11 is 0. The number of anilines is 4. The second-order valence-electron chi connectivity index (χ2n) is 13.0. The van der Waals surface area contributed by atoms with Gasteiger partial charge in [-0.15, -0.1) is 22.8 Å². The summed E-state index contributed by atoms with van der Waals surface area (Å²) in [6.07, 6.45) is 4.04. The summed E-state index contributed by atoms with van der Waals surface area (Å²) in [6.45, 7) is 0. The van der Waals surface area contributed by atoms with Gasteiger partial charge in [-0.2, -0.15) is 0 Å². The van der Waals surface area contributed by atoms with E-state index >= 15 is 0 Å². The van der Waals surface area contributed by atoms with Crippen LogP contribution < -0.4 is 43.6 Å². The zero-order chi connectivity index (χ0) is 35.3. The largest absolute Gasteiger partial charge is 2.00 e. The Balaban J connectivity index is 0.00000400. The Morgan fingerprint density at radius 2 is 0.943 bits per heavy atom. The molecule has 0 saturated heterocycles. The minimum Gasteiger partial charge on any atom is -0.660 e. The fourth-order valence-corrected chi connectivity index (χ4v) is 7.35. The molecule has 4 aromatic carbocycles. The van der Waals surface area contributed by atoms with E-state index in [9.17, 15) is 0 Å². The number of hydrogen-bond donors (Lipinski definition) is 5. The maximum atomic E-state index is 6.67. The molecule has 1 unspecified atom stereocenters. The molecular weight excluding hydrogens is 699 g/mol. The number of aromatic nitrogens is 3. The summed E-state index contributed by atoms with van der Waals surface area (Å²) < 4.78 is 0. The summed E-state index contributed by atoms with van der Waals surface area (Å²) in [5.41, 5.74) is 39.8. The van der Waals surface area contributed by atoms with Gasteiger partial charge in [-0.05, 0) is 71.2 Å². The number of aliphatic imine (C=N–C) groups is 1. The summed E-state index contributed by atoms with van der Waals surface area (Å²) in [6, 6.07) is 43.6. The molecule has 53 heavy (non-hydrogen) atoms. The molecule has 2 aliphatic heterocycles. The van der Waals surface area contributed by atoms with E-state index in [-0.39, 0.29) is 22.7 Å². The number of rotatable bonds is 4. The minimum atomic E-state index is -0.358. The molecule has 8 nitrogen and oxygen atoms in total. The van der Waals surface area contributed by atoms with Crippen LogP contribution in [0.15, 0.2) is 156 Å². The Hall–Kier alpha value is -6.68. The van der Waals surface area contributed by atoms with Crippen molar-refractivity contribution in [3.63, 3.8) is 0 Å². The number of nitrogens with two attached hydrogens (primary N) is 4. The fourth-order valence-electron chi connectivity index (χ4n) is 7.35. The molecular formula is C44H34CoN8. The Morgan fingerprint density at radius 1 is 0.472 bits per heavy atom. The average molecular weight is 734 g/mol. The number of allylic oxidation sites excluding steroid dienone is 2. The van der Waals surface area contributed by atoms with E-state index in [1.54, 1.807) is 0 Å². The maximum Gasteiger partial charge on any atom is 2.00 e. The normalized spacial score (nSPS) is 15.0. The van der Waals surface area contributed by atoms with Gasteiger partial charge in [0.1, 0.15) is 0 Å². The molecule has 5 heterocycles.